The SMILES string of the molecule is CC(=O)c1cc(C#N)cc(C#N)c1O. The number of nitriles is 2. The normalized spacial score (nSPS) is 8.79. The summed E-state index contributed by atoms with van der Waals surface area (Å²) >= 11 is 0. The van der Waals surface area contributed by atoms with Crippen molar-refractivity contribution in [1.82, 2.24) is 0 Å². The van der Waals surface area contributed by atoms with E-state index in [9.17, 15) is 9.90 Å². The number of aromatic hydroxyl groups is 1. The van der Waals surface area contributed by atoms with Crippen LogP contribution in [0.5, 0.6) is 5.75 Å². The maximum absolute atomic E-state index is 11.0. The zero-order valence-corrected chi connectivity index (χ0v) is 7.40. The molecule has 0 aliphatic rings. The lowest BCUT2D eigenvalue weighted by Gasteiger charge is -2.02. The van der Waals surface area contributed by atoms with Crippen LogP contribution >= 0.6 is 0 Å². The standard InChI is InChI=1S/C10H6N2O2/c1-6(13)9-3-7(4-11)2-8(5-12)10(9)14/h2-3,14H,1H3. The first-order valence-corrected chi connectivity index (χ1v) is 3.78. The number of phenols is 1. The van der Waals surface area contributed by atoms with Crippen molar-refractivity contribution in [1.29, 1.82) is 10.5 Å². The molecule has 0 saturated carbocycles. The van der Waals surface area contributed by atoms with Crippen molar-refractivity contribution in [2.45, 2.75) is 6.92 Å². The molecule has 0 spiro atoms. The average molecular weight is 186 g/mol. The van der Waals surface area contributed by atoms with Crippen LogP contribution in [0, 0.1) is 22.7 Å². The fraction of sp³-hybridized carbons (Fsp3) is 0.100. The highest BCUT2D eigenvalue weighted by Crippen LogP contribution is 2.24. The average Bonchev–Trinajstić information content (AvgIpc) is 2.17. The largest absolute Gasteiger partial charge is 0.506 e. The summed E-state index contributed by atoms with van der Waals surface area (Å²) in [6.45, 7) is 1.26. The van der Waals surface area contributed by atoms with Crippen LogP contribution in [0.4, 0.5) is 0 Å². The Hall–Kier alpha value is -2.33. The van der Waals surface area contributed by atoms with Gasteiger partial charge in [0.15, 0.2) is 5.78 Å². The topological polar surface area (TPSA) is 84.9 Å². The second-order valence-electron chi connectivity index (χ2n) is 2.70. The second-order valence-corrected chi connectivity index (χ2v) is 2.70. The van der Waals surface area contributed by atoms with Crippen molar-refractivity contribution < 1.29 is 9.90 Å². The maximum Gasteiger partial charge on any atom is 0.163 e. The number of ketones is 1. The van der Waals surface area contributed by atoms with Gasteiger partial charge in [-0.3, -0.25) is 4.79 Å². The molecule has 4 nitrogen and oxygen atoms in total. The van der Waals surface area contributed by atoms with E-state index in [0.29, 0.717) is 0 Å². The van der Waals surface area contributed by atoms with Crippen LogP contribution in [-0.4, -0.2) is 10.9 Å². The van der Waals surface area contributed by atoms with Gasteiger partial charge in [-0.25, -0.2) is 0 Å². The number of hydrogen-bond acceptors (Lipinski definition) is 4. The van der Waals surface area contributed by atoms with E-state index in [1.807, 2.05) is 6.07 Å². The Balaban J connectivity index is 3.54. The molecule has 1 aromatic carbocycles. The molecule has 0 fully saturated rings. The Labute approximate surface area is 80.6 Å². The van der Waals surface area contributed by atoms with Crippen molar-refractivity contribution >= 4 is 5.78 Å². The summed E-state index contributed by atoms with van der Waals surface area (Å²) in [6.07, 6.45) is 0. The molecule has 1 aromatic rings. The Kier molecular flexibility index (Phi) is 2.50. The smallest absolute Gasteiger partial charge is 0.163 e. The van der Waals surface area contributed by atoms with Crippen LogP contribution in [0.3, 0.4) is 0 Å². The van der Waals surface area contributed by atoms with Crippen LogP contribution in [0.2, 0.25) is 0 Å². The maximum atomic E-state index is 11.0. The molecular formula is C10H6N2O2. The number of benzene rings is 1. The molecule has 0 bridgehead atoms. The summed E-state index contributed by atoms with van der Waals surface area (Å²) < 4.78 is 0. The first-order chi connectivity index (χ1) is 6.60. The first kappa shape index (κ1) is 9.76. The summed E-state index contributed by atoms with van der Waals surface area (Å²) in [4.78, 5) is 11.0. The molecule has 0 aliphatic carbocycles. The van der Waals surface area contributed by atoms with Gasteiger partial charge in [-0.2, -0.15) is 10.5 Å². The van der Waals surface area contributed by atoms with Crippen LogP contribution in [0.1, 0.15) is 28.4 Å². The van der Waals surface area contributed by atoms with Crippen molar-refractivity contribution in [2.75, 3.05) is 0 Å². The Bertz CT molecular complexity index is 478. The van der Waals surface area contributed by atoms with Gasteiger partial charge in [-0.05, 0) is 19.1 Å². The van der Waals surface area contributed by atoms with Gasteiger partial charge in [-0.15, -0.1) is 0 Å². The highest BCUT2D eigenvalue weighted by atomic mass is 16.3. The summed E-state index contributed by atoms with van der Waals surface area (Å²) in [7, 11) is 0. The molecule has 1 N–H and O–H groups in total. The number of carbonyl (C=O) groups excluding carboxylic acids is 1. The number of carbonyl (C=O) groups is 1. The molecular weight excluding hydrogens is 180 g/mol. The van der Waals surface area contributed by atoms with E-state index in [2.05, 4.69) is 0 Å². The molecule has 0 unspecified atom stereocenters. The molecule has 0 saturated heterocycles. The lowest BCUT2D eigenvalue weighted by Crippen LogP contribution is -1.96. The van der Waals surface area contributed by atoms with Crippen molar-refractivity contribution in [2.24, 2.45) is 0 Å². The van der Waals surface area contributed by atoms with Crippen LogP contribution in [0.15, 0.2) is 12.1 Å². The van der Waals surface area contributed by atoms with Gasteiger partial charge in [0.1, 0.15) is 11.8 Å². The predicted octanol–water partition coefficient (Wildman–Crippen LogP) is 1.34. The highest BCUT2D eigenvalue weighted by Gasteiger charge is 2.12. The summed E-state index contributed by atoms with van der Waals surface area (Å²) in [6, 6.07) is 6.02. The van der Waals surface area contributed by atoms with Crippen molar-refractivity contribution in [3.05, 3.63) is 28.8 Å². The Morgan fingerprint density at radius 3 is 2.43 bits per heavy atom. The number of nitrogens with zero attached hydrogens (tertiary/aromatic N) is 2. The Morgan fingerprint density at radius 2 is 2.00 bits per heavy atom. The first-order valence-electron chi connectivity index (χ1n) is 3.78. The van der Waals surface area contributed by atoms with E-state index in [1.54, 1.807) is 6.07 Å². The molecule has 0 aromatic heterocycles. The van der Waals surface area contributed by atoms with Crippen LogP contribution in [-0.2, 0) is 0 Å². The monoisotopic (exact) mass is 186 g/mol. The molecule has 68 valence electrons. The van der Waals surface area contributed by atoms with Crippen LogP contribution in [0.25, 0.3) is 0 Å². The van der Waals surface area contributed by atoms with E-state index in [4.69, 9.17) is 10.5 Å². The van der Waals surface area contributed by atoms with Crippen molar-refractivity contribution in [3.8, 4) is 17.9 Å². The molecule has 4 heteroatoms. The quantitative estimate of drug-likeness (QED) is 0.670. The number of rotatable bonds is 1. The third kappa shape index (κ3) is 1.55. The van der Waals surface area contributed by atoms with Gasteiger partial charge >= 0.3 is 0 Å². The van der Waals surface area contributed by atoms with Crippen LogP contribution < -0.4 is 0 Å². The molecule has 14 heavy (non-hydrogen) atoms. The molecule has 1 rings (SSSR count). The second kappa shape index (κ2) is 3.59. The van der Waals surface area contributed by atoms with Gasteiger partial charge in [-0.1, -0.05) is 0 Å². The number of hydrogen-bond donors (Lipinski definition) is 1. The van der Waals surface area contributed by atoms with Gasteiger partial charge in [0.05, 0.1) is 22.8 Å². The lowest BCUT2D eigenvalue weighted by atomic mass is 10.0. The predicted molar refractivity (Wildman–Crippen MR) is 47.5 cm³/mol. The molecule has 0 heterocycles. The molecule has 0 aliphatic heterocycles. The third-order valence-electron chi connectivity index (χ3n) is 1.74. The third-order valence-corrected chi connectivity index (χ3v) is 1.74. The van der Waals surface area contributed by atoms with Gasteiger partial charge < -0.3 is 5.11 Å². The van der Waals surface area contributed by atoms with E-state index >= 15 is 0 Å². The van der Waals surface area contributed by atoms with E-state index in [0.717, 1.165) is 0 Å². The number of phenolic OH excluding ortho intramolecular Hbond substituents is 1. The van der Waals surface area contributed by atoms with E-state index in [-0.39, 0.29) is 28.2 Å². The van der Waals surface area contributed by atoms with E-state index in [1.165, 1.54) is 19.1 Å². The summed E-state index contributed by atoms with van der Waals surface area (Å²) in [5.41, 5.74) is 0.124. The van der Waals surface area contributed by atoms with Crippen molar-refractivity contribution in [3.63, 3.8) is 0 Å². The fourth-order valence-corrected chi connectivity index (χ4v) is 1.05. The molecule has 0 atom stereocenters. The minimum absolute atomic E-state index is 0.000556. The van der Waals surface area contributed by atoms with Gasteiger partial charge in [0.25, 0.3) is 0 Å². The van der Waals surface area contributed by atoms with Gasteiger partial charge in [0.2, 0.25) is 0 Å². The summed E-state index contributed by atoms with van der Waals surface area (Å²) in [5.74, 6) is -0.741. The minimum Gasteiger partial charge on any atom is -0.506 e. The Morgan fingerprint density at radius 1 is 1.36 bits per heavy atom. The number of Topliss-reactive ketones (excluding diaryl/α,β-unsaturated/α-hetero) is 1. The minimum atomic E-state index is -0.379. The lowest BCUT2D eigenvalue weighted by molar-refractivity contribution is 0.101. The van der Waals surface area contributed by atoms with Gasteiger partial charge in [0, 0.05) is 0 Å². The summed E-state index contributed by atoms with van der Waals surface area (Å²) in [5, 5.41) is 26.6. The fourth-order valence-electron chi connectivity index (χ4n) is 1.05. The zero-order chi connectivity index (χ0) is 10.7. The molecule has 0 radical (unpaired) electrons. The zero-order valence-electron chi connectivity index (χ0n) is 7.40. The highest BCUT2D eigenvalue weighted by molar-refractivity contribution is 5.97. The molecule has 0 amide bonds. The van der Waals surface area contributed by atoms with E-state index < -0.39 is 0 Å².